The van der Waals surface area contributed by atoms with Crippen molar-refractivity contribution in [3.63, 3.8) is 0 Å². The number of nitrogens with zero attached hydrogens (tertiary/aromatic N) is 4. The van der Waals surface area contributed by atoms with Crippen LogP contribution >= 0.6 is 0 Å². The molecule has 2 spiro atoms. The first-order chi connectivity index (χ1) is 14.6. The minimum Gasteiger partial charge on any atom is -0.501 e. The first kappa shape index (κ1) is 17.6. The Morgan fingerprint density at radius 3 is 2.97 bits per heavy atom. The smallest absolute Gasteiger partial charge is 0.229 e. The first-order valence-corrected chi connectivity index (χ1v) is 10.3. The van der Waals surface area contributed by atoms with Crippen molar-refractivity contribution in [1.29, 1.82) is 0 Å². The molecule has 4 aliphatic rings. The van der Waals surface area contributed by atoms with Gasteiger partial charge in [0.1, 0.15) is 12.4 Å². The third-order valence-corrected chi connectivity index (χ3v) is 7.62. The van der Waals surface area contributed by atoms with Crippen molar-refractivity contribution in [2.45, 2.75) is 30.7 Å². The zero-order valence-corrected chi connectivity index (χ0v) is 17.1. The number of ether oxygens (including phenoxy) is 2. The second-order valence-electron chi connectivity index (χ2n) is 8.84. The van der Waals surface area contributed by atoms with E-state index in [1.54, 1.807) is 19.6 Å². The van der Waals surface area contributed by atoms with Crippen LogP contribution in [0.1, 0.15) is 30.9 Å². The fraction of sp³-hybridized carbons (Fsp3) is 0.476. The van der Waals surface area contributed by atoms with E-state index in [1.807, 2.05) is 12.3 Å². The van der Waals surface area contributed by atoms with E-state index in [0.717, 1.165) is 42.3 Å². The van der Waals surface area contributed by atoms with Gasteiger partial charge in [-0.2, -0.15) is 4.98 Å². The predicted octanol–water partition coefficient (Wildman–Crippen LogP) is 2.11. The summed E-state index contributed by atoms with van der Waals surface area (Å²) >= 11 is 0. The lowest BCUT2D eigenvalue weighted by Gasteiger charge is -2.38. The SMILES string of the molecule is CO/C1=C/C(=C\N)Nc2ncc3c(n2)N(C)C2(CO3)CC23CC1C(c1cnc[nH]1)C3. The number of nitrogens with two attached hydrogens (primary N) is 1. The molecule has 4 heterocycles. The van der Waals surface area contributed by atoms with Crippen LogP contribution in [0.2, 0.25) is 0 Å². The highest BCUT2D eigenvalue weighted by Gasteiger charge is 2.75. The van der Waals surface area contributed by atoms with Crippen molar-refractivity contribution in [2.24, 2.45) is 17.1 Å². The number of hydrogen-bond donors (Lipinski definition) is 3. The lowest BCUT2D eigenvalue weighted by atomic mass is 9.91. The number of anilines is 2. The maximum atomic E-state index is 6.18. The number of likely N-dealkylation sites (N-methyl/N-ethyl adjacent to an activating group) is 1. The molecule has 5 bridgehead atoms. The number of aromatic nitrogens is 4. The fourth-order valence-corrected chi connectivity index (χ4v) is 6.01. The topological polar surface area (TPSA) is 114 Å². The van der Waals surface area contributed by atoms with Gasteiger partial charge in [0.15, 0.2) is 11.6 Å². The van der Waals surface area contributed by atoms with Crippen molar-refractivity contribution in [1.82, 2.24) is 19.9 Å². The van der Waals surface area contributed by atoms with Crippen LogP contribution in [-0.4, -0.2) is 46.2 Å². The second-order valence-corrected chi connectivity index (χ2v) is 8.84. The van der Waals surface area contributed by atoms with Gasteiger partial charge < -0.3 is 30.4 Å². The number of rotatable bonds is 2. The average Bonchev–Trinajstić information content (AvgIpc) is 3.11. The monoisotopic (exact) mass is 407 g/mol. The van der Waals surface area contributed by atoms with Gasteiger partial charge in [-0.25, -0.2) is 9.97 Å². The van der Waals surface area contributed by atoms with Gasteiger partial charge in [0.2, 0.25) is 5.95 Å². The molecular formula is C21H25N7O2. The van der Waals surface area contributed by atoms with Crippen molar-refractivity contribution < 1.29 is 9.47 Å². The van der Waals surface area contributed by atoms with E-state index < -0.39 is 0 Å². The molecule has 2 aliphatic heterocycles. The molecule has 9 nitrogen and oxygen atoms in total. The summed E-state index contributed by atoms with van der Waals surface area (Å²) in [5.41, 5.74) is 7.82. The number of H-pyrrole nitrogens is 1. The Labute approximate surface area is 174 Å². The molecule has 2 aliphatic carbocycles. The number of hydrogen-bond acceptors (Lipinski definition) is 8. The molecule has 2 saturated carbocycles. The Hall–Kier alpha value is -3.23. The minimum atomic E-state index is -0.0662. The molecule has 6 rings (SSSR count). The standard InChI is InChI=1S/C21H25N7O2/c1-28-18-17-8-24-19(27-18)26-12(6-22)3-16(29-2)14-5-20(9-21(20,28)10-30-17)4-13(14)15-7-23-11-25-15/h3,6-8,11,13-14H,4-5,9-10,22H2,1-2H3,(H,23,25)(H,24,26,27)/b12-6+,16-3+. The van der Waals surface area contributed by atoms with Crippen LogP contribution in [0.15, 0.2) is 42.5 Å². The molecule has 0 amide bonds. The van der Waals surface area contributed by atoms with E-state index in [4.69, 9.17) is 20.2 Å². The molecule has 30 heavy (non-hydrogen) atoms. The zero-order valence-electron chi connectivity index (χ0n) is 17.1. The number of fused-ring (bicyclic) bond motifs is 2. The number of imidazole rings is 1. The lowest BCUT2D eigenvalue weighted by Crippen LogP contribution is -2.47. The van der Waals surface area contributed by atoms with E-state index >= 15 is 0 Å². The van der Waals surface area contributed by atoms with Gasteiger partial charge in [-0.15, -0.1) is 0 Å². The molecule has 2 fully saturated rings. The Morgan fingerprint density at radius 1 is 1.33 bits per heavy atom. The largest absolute Gasteiger partial charge is 0.501 e. The molecule has 4 N–H and O–H groups in total. The van der Waals surface area contributed by atoms with Gasteiger partial charge in [0.05, 0.1) is 30.9 Å². The zero-order chi connectivity index (χ0) is 20.5. The maximum absolute atomic E-state index is 6.18. The Balaban J connectivity index is 1.53. The fourth-order valence-electron chi connectivity index (χ4n) is 6.01. The molecule has 156 valence electrons. The van der Waals surface area contributed by atoms with E-state index in [0.29, 0.717) is 18.3 Å². The van der Waals surface area contributed by atoms with Crippen LogP contribution in [0.3, 0.4) is 0 Å². The first-order valence-electron chi connectivity index (χ1n) is 10.3. The second kappa shape index (κ2) is 5.90. The molecule has 9 heteroatoms. The highest BCUT2D eigenvalue weighted by Crippen LogP contribution is 2.73. The van der Waals surface area contributed by atoms with Crippen LogP contribution in [0.25, 0.3) is 0 Å². The molecule has 4 atom stereocenters. The van der Waals surface area contributed by atoms with Gasteiger partial charge in [0.25, 0.3) is 0 Å². The summed E-state index contributed by atoms with van der Waals surface area (Å²) in [6.07, 6.45) is 12.0. The summed E-state index contributed by atoms with van der Waals surface area (Å²) in [6, 6.07) is 0. The van der Waals surface area contributed by atoms with E-state index in [1.165, 1.54) is 6.20 Å². The molecule has 0 radical (unpaired) electrons. The maximum Gasteiger partial charge on any atom is 0.229 e. The normalized spacial score (nSPS) is 36.7. The summed E-state index contributed by atoms with van der Waals surface area (Å²) in [7, 11) is 3.85. The highest BCUT2D eigenvalue weighted by molar-refractivity contribution is 5.62. The Bertz CT molecular complexity index is 1070. The summed E-state index contributed by atoms with van der Waals surface area (Å²) in [5, 5.41) is 3.22. The van der Waals surface area contributed by atoms with E-state index in [2.05, 4.69) is 32.2 Å². The van der Waals surface area contributed by atoms with Crippen LogP contribution in [0, 0.1) is 11.3 Å². The number of aromatic amines is 1. The van der Waals surface area contributed by atoms with Gasteiger partial charge >= 0.3 is 0 Å². The van der Waals surface area contributed by atoms with Gasteiger partial charge in [-0.3, -0.25) is 0 Å². The van der Waals surface area contributed by atoms with E-state index in [-0.39, 0.29) is 22.8 Å². The molecular weight excluding hydrogens is 382 g/mol. The van der Waals surface area contributed by atoms with Gasteiger partial charge in [0, 0.05) is 48.5 Å². The van der Waals surface area contributed by atoms with E-state index in [9.17, 15) is 0 Å². The van der Waals surface area contributed by atoms with Crippen molar-refractivity contribution >= 4 is 11.8 Å². The van der Waals surface area contributed by atoms with Gasteiger partial charge in [-0.05, 0) is 19.3 Å². The van der Waals surface area contributed by atoms with Crippen molar-refractivity contribution in [3.05, 3.63) is 48.1 Å². The minimum absolute atomic E-state index is 0.0662. The third kappa shape index (κ3) is 2.20. The van der Waals surface area contributed by atoms with Gasteiger partial charge in [-0.1, -0.05) is 0 Å². The quantitative estimate of drug-likeness (QED) is 0.694. The lowest BCUT2D eigenvalue weighted by molar-refractivity contribution is 0.209. The van der Waals surface area contributed by atoms with Crippen LogP contribution in [0.4, 0.5) is 11.8 Å². The summed E-state index contributed by atoms with van der Waals surface area (Å²) < 4.78 is 12.1. The summed E-state index contributed by atoms with van der Waals surface area (Å²) in [4.78, 5) is 19.1. The average molecular weight is 407 g/mol. The molecule has 2 aromatic rings. The highest BCUT2D eigenvalue weighted by atomic mass is 16.5. The van der Waals surface area contributed by atoms with Crippen molar-refractivity contribution in [2.75, 3.05) is 31.0 Å². The van der Waals surface area contributed by atoms with Crippen LogP contribution < -0.4 is 20.7 Å². The molecule has 2 aromatic heterocycles. The molecule has 0 aromatic carbocycles. The Kier molecular flexibility index (Phi) is 3.46. The third-order valence-electron chi connectivity index (χ3n) is 7.62. The number of allylic oxidation sites excluding steroid dienone is 2. The van der Waals surface area contributed by atoms with Crippen LogP contribution in [0.5, 0.6) is 5.75 Å². The Morgan fingerprint density at radius 2 is 2.20 bits per heavy atom. The molecule has 4 unspecified atom stereocenters. The number of nitrogens with one attached hydrogen (secondary N) is 2. The summed E-state index contributed by atoms with van der Waals surface area (Å²) in [6.45, 7) is 0.648. The van der Waals surface area contributed by atoms with Crippen LogP contribution in [-0.2, 0) is 4.74 Å². The number of methoxy groups -OCH3 is 1. The summed E-state index contributed by atoms with van der Waals surface area (Å²) in [5.74, 6) is 3.41. The van der Waals surface area contributed by atoms with Crippen molar-refractivity contribution in [3.8, 4) is 5.75 Å². The molecule has 0 saturated heterocycles. The predicted molar refractivity (Wildman–Crippen MR) is 111 cm³/mol.